The monoisotopic (exact) mass is 355 g/mol. The highest BCUT2D eigenvalue weighted by Crippen LogP contribution is 2.31. The van der Waals surface area contributed by atoms with E-state index in [1.807, 2.05) is 14.1 Å². The topological polar surface area (TPSA) is 65.2 Å². The summed E-state index contributed by atoms with van der Waals surface area (Å²) in [5.41, 5.74) is 3.89. The van der Waals surface area contributed by atoms with Crippen molar-refractivity contribution in [3.63, 3.8) is 0 Å². The highest BCUT2D eigenvalue weighted by Gasteiger charge is 2.20. The van der Waals surface area contributed by atoms with E-state index in [1.54, 1.807) is 35.6 Å². The van der Waals surface area contributed by atoms with E-state index in [0.29, 0.717) is 23.5 Å². The molecule has 6 heteroatoms. The second-order valence-electron chi connectivity index (χ2n) is 6.40. The number of fused-ring (bicyclic) bond motifs is 1. The highest BCUT2D eigenvalue weighted by atomic mass is 32.1. The summed E-state index contributed by atoms with van der Waals surface area (Å²) in [5.74, 6) is -0.167. The average Bonchev–Trinajstić information content (AvgIpc) is 3.05. The molecule has 25 heavy (non-hydrogen) atoms. The highest BCUT2D eigenvalue weighted by molar-refractivity contribution is 7.19. The van der Waals surface area contributed by atoms with Gasteiger partial charge in [-0.2, -0.15) is 0 Å². The summed E-state index contributed by atoms with van der Waals surface area (Å²) in [4.78, 5) is 30.6. The van der Waals surface area contributed by atoms with Crippen molar-refractivity contribution >= 4 is 38.9 Å². The standard InChI is InChI=1S/C19H21N3O2S/c1-11-9-16-18(25-11)15(10-22(3)4)17(21-16)19(24)20-14-7-5-13(6-8-14)12(2)23/h5-9,21H,10H2,1-4H3,(H,20,24). The van der Waals surface area contributed by atoms with E-state index in [-0.39, 0.29) is 11.7 Å². The van der Waals surface area contributed by atoms with Crippen LogP contribution in [0.4, 0.5) is 5.69 Å². The van der Waals surface area contributed by atoms with Crippen LogP contribution in [0, 0.1) is 6.92 Å². The number of amides is 1. The third kappa shape index (κ3) is 3.65. The quantitative estimate of drug-likeness (QED) is 0.679. The van der Waals surface area contributed by atoms with Gasteiger partial charge in [-0.3, -0.25) is 9.59 Å². The van der Waals surface area contributed by atoms with Crippen LogP contribution in [-0.4, -0.2) is 35.7 Å². The first-order valence-corrected chi connectivity index (χ1v) is 8.85. The van der Waals surface area contributed by atoms with Gasteiger partial charge in [0.15, 0.2) is 5.78 Å². The van der Waals surface area contributed by atoms with Gasteiger partial charge in [-0.05, 0) is 58.3 Å². The minimum Gasteiger partial charge on any atom is -0.350 e. The Kier molecular flexibility index (Phi) is 4.74. The molecule has 0 saturated heterocycles. The minimum atomic E-state index is -0.173. The molecule has 130 valence electrons. The molecule has 0 aliphatic carbocycles. The van der Waals surface area contributed by atoms with E-state index in [2.05, 4.69) is 28.2 Å². The number of hydrogen-bond acceptors (Lipinski definition) is 4. The van der Waals surface area contributed by atoms with Gasteiger partial charge in [-0.25, -0.2) is 0 Å². The summed E-state index contributed by atoms with van der Waals surface area (Å²) in [6.45, 7) is 4.27. The largest absolute Gasteiger partial charge is 0.350 e. The molecule has 0 saturated carbocycles. The fraction of sp³-hybridized carbons (Fsp3) is 0.263. The van der Waals surface area contributed by atoms with Crippen LogP contribution in [0.5, 0.6) is 0 Å². The molecular formula is C19H21N3O2S. The number of rotatable bonds is 5. The van der Waals surface area contributed by atoms with Crippen LogP contribution in [0.25, 0.3) is 10.2 Å². The number of carbonyl (C=O) groups excluding carboxylic acids is 2. The smallest absolute Gasteiger partial charge is 0.272 e. The summed E-state index contributed by atoms with van der Waals surface area (Å²) in [5, 5.41) is 2.91. The van der Waals surface area contributed by atoms with Crippen LogP contribution in [-0.2, 0) is 6.54 Å². The van der Waals surface area contributed by atoms with Gasteiger partial charge in [0.05, 0.1) is 10.2 Å². The number of aromatic nitrogens is 1. The summed E-state index contributed by atoms with van der Waals surface area (Å²) >= 11 is 1.70. The normalized spacial score (nSPS) is 11.2. The number of aromatic amines is 1. The average molecular weight is 355 g/mol. The van der Waals surface area contributed by atoms with Gasteiger partial charge in [-0.1, -0.05) is 0 Å². The lowest BCUT2D eigenvalue weighted by Crippen LogP contribution is -2.18. The Labute approximate surface area is 150 Å². The van der Waals surface area contributed by atoms with Crippen molar-refractivity contribution in [1.29, 1.82) is 0 Å². The van der Waals surface area contributed by atoms with E-state index < -0.39 is 0 Å². The zero-order chi connectivity index (χ0) is 18.1. The number of anilines is 1. The molecule has 2 heterocycles. The minimum absolute atomic E-state index is 0.00567. The molecule has 2 N–H and O–H groups in total. The molecule has 0 spiro atoms. The zero-order valence-electron chi connectivity index (χ0n) is 14.8. The zero-order valence-corrected chi connectivity index (χ0v) is 15.6. The van der Waals surface area contributed by atoms with E-state index in [4.69, 9.17) is 0 Å². The molecule has 3 aromatic rings. The van der Waals surface area contributed by atoms with E-state index in [9.17, 15) is 9.59 Å². The van der Waals surface area contributed by atoms with Crippen molar-refractivity contribution in [2.45, 2.75) is 20.4 Å². The fourth-order valence-corrected chi connectivity index (χ4v) is 3.81. The molecule has 0 bridgehead atoms. The Morgan fingerprint density at radius 2 is 1.88 bits per heavy atom. The van der Waals surface area contributed by atoms with Crippen LogP contribution < -0.4 is 5.32 Å². The van der Waals surface area contributed by atoms with Gasteiger partial charge in [0.1, 0.15) is 5.69 Å². The maximum Gasteiger partial charge on any atom is 0.272 e. The third-order valence-corrected chi connectivity index (χ3v) is 5.05. The second-order valence-corrected chi connectivity index (χ2v) is 7.66. The lowest BCUT2D eigenvalue weighted by atomic mass is 10.1. The molecule has 2 aromatic heterocycles. The van der Waals surface area contributed by atoms with E-state index >= 15 is 0 Å². The second kappa shape index (κ2) is 6.82. The SMILES string of the molecule is CC(=O)c1ccc(NC(=O)c2[nH]c3cc(C)sc3c2CN(C)C)cc1. The van der Waals surface area contributed by atoms with Gasteiger partial charge in [0.2, 0.25) is 0 Å². The Balaban J connectivity index is 1.90. The predicted molar refractivity (Wildman–Crippen MR) is 103 cm³/mol. The van der Waals surface area contributed by atoms with E-state index in [1.165, 1.54) is 11.8 Å². The molecule has 1 aromatic carbocycles. The molecule has 0 aliphatic heterocycles. The molecular weight excluding hydrogens is 334 g/mol. The number of ketones is 1. The lowest BCUT2D eigenvalue weighted by Gasteiger charge is -2.11. The number of nitrogens with zero attached hydrogens (tertiary/aromatic N) is 1. The number of benzene rings is 1. The number of H-pyrrole nitrogens is 1. The van der Waals surface area contributed by atoms with Crippen molar-refractivity contribution in [2.24, 2.45) is 0 Å². The number of thiophene rings is 1. The maximum absolute atomic E-state index is 12.8. The number of hydrogen-bond donors (Lipinski definition) is 2. The van der Waals surface area contributed by atoms with Crippen LogP contribution >= 0.6 is 11.3 Å². The van der Waals surface area contributed by atoms with Crippen molar-refractivity contribution in [3.8, 4) is 0 Å². The van der Waals surface area contributed by atoms with Crippen molar-refractivity contribution < 1.29 is 9.59 Å². The van der Waals surface area contributed by atoms with Gasteiger partial charge in [0, 0.05) is 28.2 Å². The van der Waals surface area contributed by atoms with Crippen LogP contribution in [0.3, 0.4) is 0 Å². The van der Waals surface area contributed by atoms with Crippen LogP contribution in [0.15, 0.2) is 30.3 Å². The van der Waals surface area contributed by atoms with Crippen molar-refractivity contribution in [1.82, 2.24) is 9.88 Å². The Bertz CT molecular complexity index is 936. The Morgan fingerprint density at radius 3 is 2.48 bits per heavy atom. The van der Waals surface area contributed by atoms with Crippen molar-refractivity contribution in [3.05, 3.63) is 52.0 Å². The predicted octanol–water partition coefficient (Wildman–Crippen LogP) is 4.05. The van der Waals surface area contributed by atoms with Gasteiger partial charge in [-0.15, -0.1) is 11.3 Å². The van der Waals surface area contributed by atoms with Gasteiger partial charge < -0.3 is 15.2 Å². The molecule has 0 unspecified atom stereocenters. The molecule has 0 radical (unpaired) electrons. The number of Topliss-reactive ketones (excluding diaryl/α,β-unsaturated/α-hetero) is 1. The van der Waals surface area contributed by atoms with Crippen LogP contribution in [0.1, 0.15) is 38.2 Å². The molecule has 1 amide bonds. The summed E-state index contributed by atoms with van der Waals surface area (Å²) < 4.78 is 1.13. The summed E-state index contributed by atoms with van der Waals surface area (Å²) in [6.07, 6.45) is 0. The number of carbonyl (C=O) groups is 2. The summed E-state index contributed by atoms with van der Waals surface area (Å²) in [6, 6.07) is 8.99. The Hall–Kier alpha value is -2.44. The van der Waals surface area contributed by atoms with Crippen LogP contribution in [0.2, 0.25) is 0 Å². The number of aryl methyl sites for hydroxylation is 1. The lowest BCUT2D eigenvalue weighted by molar-refractivity contribution is 0.101. The molecule has 5 nitrogen and oxygen atoms in total. The summed E-state index contributed by atoms with van der Waals surface area (Å²) in [7, 11) is 3.98. The van der Waals surface area contributed by atoms with Gasteiger partial charge in [0.25, 0.3) is 5.91 Å². The molecule has 0 atom stereocenters. The molecule has 3 rings (SSSR count). The van der Waals surface area contributed by atoms with E-state index in [0.717, 1.165) is 15.8 Å². The first kappa shape index (κ1) is 17.4. The van der Waals surface area contributed by atoms with Crippen molar-refractivity contribution in [2.75, 3.05) is 19.4 Å². The van der Waals surface area contributed by atoms with Gasteiger partial charge >= 0.3 is 0 Å². The first-order chi connectivity index (χ1) is 11.8. The Morgan fingerprint density at radius 1 is 1.20 bits per heavy atom. The third-order valence-electron chi connectivity index (χ3n) is 3.94. The molecule has 0 fully saturated rings. The fourth-order valence-electron chi connectivity index (χ4n) is 2.80. The molecule has 0 aliphatic rings. The first-order valence-electron chi connectivity index (χ1n) is 8.03. The number of nitrogens with one attached hydrogen (secondary N) is 2. The maximum atomic E-state index is 12.8.